The molecule has 20 heavy (non-hydrogen) atoms. The lowest BCUT2D eigenvalue weighted by Crippen LogP contribution is -2.42. The fourth-order valence-corrected chi connectivity index (χ4v) is 2.44. The summed E-state index contributed by atoms with van der Waals surface area (Å²) in [6, 6.07) is 6.32. The standard InChI is InChI=1S/C14H18ClNO3S/c1-9(2)7-12(14(18)19)16-13(17)8-20-11-5-3-10(15)4-6-11/h3-6,9,12H,7-8H2,1-2H3,(H,16,17)(H,18,19)/t12-/m1/s1. The van der Waals surface area contributed by atoms with Crippen LogP contribution in [-0.4, -0.2) is 28.8 Å². The van der Waals surface area contributed by atoms with Crippen molar-refractivity contribution in [3.8, 4) is 0 Å². The number of thioether (sulfide) groups is 1. The molecule has 1 aromatic rings. The molecule has 0 fully saturated rings. The summed E-state index contributed by atoms with van der Waals surface area (Å²) >= 11 is 7.12. The highest BCUT2D eigenvalue weighted by Gasteiger charge is 2.20. The van der Waals surface area contributed by atoms with Gasteiger partial charge in [0, 0.05) is 9.92 Å². The number of hydrogen-bond donors (Lipinski definition) is 2. The van der Waals surface area contributed by atoms with Crippen molar-refractivity contribution in [3.05, 3.63) is 29.3 Å². The second-order valence-electron chi connectivity index (χ2n) is 4.83. The van der Waals surface area contributed by atoms with Gasteiger partial charge in [-0.1, -0.05) is 25.4 Å². The summed E-state index contributed by atoms with van der Waals surface area (Å²) in [4.78, 5) is 23.7. The number of halogens is 1. The first-order valence-electron chi connectivity index (χ1n) is 6.29. The minimum atomic E-state index is -0.997. The zero-order valence-corrected chi connectivity index (χ0v) is 13.0. The number of benzene rings is 1. The summed E-state index contributed by atoms with van der Waals surface area (Å²) in [7, 11) is 0. The zero-order chi connectivity index (χ0) is 15.1. The maximum absolute atomic E-state index is 11.8. The molecular formula is C14H18ClNO3S. The van der Waals surface area contributed by atoms with Crippen LogP contribution in [0.25, 0.3) is 0 Å². The first kappa shape index (κ1) is 16.9. The lowest BCUT2D eigenvalue weighted by molar-refractivity contribution is -0.141. The first-order valence-corrected chi connectivity index (χ1v) is 7.65. The summed E-state index contributed by atoms with van der Waals surface area (Å²) in [6.07, 6.45) is 0.423. The molecule has 0 aliphatic heterocycles. The molecule has 0 aromatic heterocycles. The average Bonchev–Trinajstić information content (AvgIpc) is 2.36. The number of rotatable bonds is 7. The van der Waals surface area contributed by atoms with Crippen LogP contribution in [0, 0.1) is 5.92 Å². The fraction of sp³-hybridized carbons (Fsp3) is 0.429. The molecule has 110 valence electrons. The fourth-order valence-electron chi connectivity index (χ4n) is 1.61. The monoisotopic (exact) mass is 315 g/mol. The molecule has 1 aromatic carbocycles. The van der Waals surface area contributed by atoms with Crippen molar-refractivity contribution in [2.24, 2.45) is 5.92 Å². The van der Waals surface area contributed by atoms with Crippen molar-refractivity contribution in [1.82, 2.24) is 5.32 Å². The Morgan fingerprint density at radius 1 is 1.30 bits per heavy atom. The zero-order valence-electron chi connectivity index (χ0n) is 11.4. The Morgan fingerprint density at radius 2 is 1.90 bits per heavy atom. The van der Waals surface area contributed by atoms with E-state index in [1.165, 1.54) is 11.8 Å². The van der Waals surface area contributed by atoms with E-state index >= 15 is 0 Å². The van der Waals surface area contributed by atoms with E-state index < -0.39 is 12.0 Å². The van der Waals surface area contributed by atoms with Gasteiger partial charge < -0.3 is 10.4 Å². The molecule has 2 N–H and O–H groups in total. The van der Waals surface area contributed by atoms with Gasteiger partial charge in [0.25, 0.3) is 0 Å². The molecule has 0 saturated carbocycles. The second-order valence-corrected chi connectivity index (χ2v) is 6.32. The van der Waals surface area contributed by atoms with E-state index in [2.05, 4.69) is 5.32 Å². The molecule has 0 aliphatic carbocycles. The highest BCUT2D eigenvalue weighted by atomic mass is 35.5. The van der Waals surface area contributed by atoms with Crippen LogP contribution in [-0.2, 0) is 9.59 Å². The molecule has 0 bridgehead atoms. The van der Waals surface area contributed by atoms with Crippen LogP contribution in [0.1, 0.15) is 20.3 Å². The molecular weight excluding hydrogens is 298 g/mol. The van der Waals surface area contributed by atoms with Gasteiger partial charge >= 0.3 is 5.97 Å². The van der Waals surface area contributed by atoms with Gasteiger partial charge in [0.15, 0.2) is 0 Å². The molecule has 1 amide bonds. The number of aliphatic carboxylic acids is 1. The second kappa shape index (κ2) is 8.17. The third-order valence-electron chi connectivity index (χ3n) is 2.52. The number of carboxylic acids is 1. The van der Waals surface area contributed by atoms with Crippen molar-refractivity contribution >= 4 is 35.2 Å². The van der Waals surface area contributed by atoms with Crippen molar-refractivity contribution in [3.63, 3.8) is 0 Å². The number of carbonyl (C=O) groups excluding carboxylic acids is 1. The van der Waals surface area contributed by atoms with Crippen LogP contribution >= 0.6 is 23.4 Å². The molecule has 0 unspecified atom stereocenters. The van der Waals surface area contributed by atoms with Crippen LogP contribution < -0.4 is 5.32 Å². The van der Waals surface area contributed by atoms with E-state index in [4.69, 9.17) is 16.7 Å². The molecule has 6 heteroatoms. The van der Waals surface area contributed by atoms with Gasteiger partial charge in [-0.05, 0) is 36.6 Å². The Balaban J connectivity index is 2.45. The molecule has 0 heterocycles. The maximum Gasteiger partial charge on any atom is 0.326 e. The van der Waals surface area contributed by atoms with Crippen LogP contribution in [0.3, 0.4) is 0 Å². The number of hydrogen-bond acceptors (Lipinski definition) is 3. The first-order chi connectivity index (χ1) is 9.38. The predicted octanol–water partition coefficient (Wildman–Crippen LogP) is 3.05. The van der Waals surface area contributed by atoms with Crippen LogP contribution in [0.4, 0.5) is 0 Å². The molecule has 0 saturated heterocycles. The largest absolute Gasteiger partial charge is 0.480 e. The number of amides is 1. The Kier molecular flexibility index (Phi) is 6.88. The van der Waals surface area contributed by atoms with E-state index in [1.807, 2.05) is 26.0 Å². The van der Waals surface area contributed by atoms with Gasteiger partial charge in [-0.2, -0.15) is 0 Å². The van der Waals surface area contributed by atoms with Crippen molar-refractivity contribution < 1.29 is 14.7 Å². The van der Waals surface area contributed by atoms with Gasteiger partial charge in [0.05, 0.1) is 5.75 Å². The van der Waals surface area contributed by atoms with Crippen LogP contribution in [0.15, 0.2) is 29.2 Å². The van der Waals surface area contributed by atoms with E-state index in [0.29, 0.717) is 11.4 Å². The van der Waals surface area contributed by atoms with Crippen molar-refractivity contribution in [2.45, 2.75) is 31.2 Å². The number of carbonyl (C=O) groups is 2. The van der Waals surface area contributed by atoms with Crippen molar-refractivity contribution in [1.29, 1.82) is 0 Å². The van der Waals surface area contributed by atoms with E-state index in [0.717, 1.165) is 4.90 Å². The summed E-state index contributed by atoms with van der Waals surface area (Å²) < 4.78 is 0. The third-order valence-corrected chi connectivity index (χ3v) is 3.79. The smallest absolute Gasteiger partial charge is 0.326 e. The molecule has 4 nitrogen and oxygen atoms in total. The number of carboxylic acid groups (broad SMARTS) is 1. The minimum Gasteiger partial charge on any atom is -0.480 e. The SMILES string of the molecule is CC(C)C[C@@H](NC(=O)CSc1ccc(Cl)cc1)C(=O)O. The molecule has 0 radical (unpaired) electrons. The van der Waals surface area contributed by atoms with E-state index in [9.17, 15) is 9.59 Å². The quantitative estimate of drug-likeness (QED) is 0.759. The van der Waals surface area contributed by atoms with Crippen LogP contribution in [0.2, 0.25) is 5.02 Å². The van der Waals surface area contributed by atoms with Gasteiger partial charge in [0.1, 0.15) is 6.04 Å². The maximum atomic E-state index is 11.8. The minimum absolute atomic E-state index is 0.184. The van der Waals surface area contributed by atoms with Crippen molar-refractivity contribution in [2.75, 3.05) is 5.75 Å². The van der Waals surface area contributed by atoms with E-state index in [1.54, 1.807) is 12.1 Å². The molecule has 0 spiro atoms. The third kappa shape index (κ3) is 6.30. The Bertz CT molecular complexity index is 462. The molecule has 1 rings (SSSR count). The molecule has 1 atom stereocenters. The van der Waals surface area contributed by atoms with E-state index in [-0.39, 0.29) is 17.6 Å². The van der Waals surface area contributed by atoms with Gasteiger partial charge in [0.2, 0.25) is 5.91 Å². The average molecular weight is 316 g/mol. The lowest BCUT2D eigenvalue weighted by Gasteiger charge is -2.16. The Morgan fingerprint density at radius 3 is 2.40 bits per heavy atom. The van der Waals surface area contributed by atoms with Gasteiger partial charge in [-0.15, -0.1) is 11.8 Å². The highest BCUT2D eigenvalue weighted by Crippen LogP contribution is 2.20. The summed E-state index contributed by atoms with van der Waals surface area (Å²) in [5.41, 5.74) is 0. The normalized spacial score (nSPS) is 12.2. The Hall–Kier alpha value is -1.20. The number of nitrogens with one attached hydrogen (secondary N) is 1. The summed E-state index contributed by atoms with van der Waals surface area (Å²) in [6.45, 7) is 3.84. The summed E-state index contributed by atoms with van der Waals surface area (Å²) in [5.74, 6) is -0.884. The van der Waals surface area contributed by atoms with Gasteiger partial charge in [-0.25, -0.2) is 4.79 Å². The predicted molar refractivity (Wildman–Crippen MR) is 81.2 cm³/mol. The van der Waals surface area contributed by atoms with Crippen LogP contribution in [0.5, 0.6) is 0 Å². The van der Waals surface area contributed by atoms with Gasteiger partial charge in [-0.3, -0.25) is 4.79 Å². The lowest BCUT2D eigenvalue weighted by atomic mass is 10.0. The summed E-state index contributed by atoms with van der Waals surface area (Å²) in [5, 5.41) is 12.2. The topological polar surface area (TPSA) is 66.4 Å². The Labute approximate surface area is 127 Å². The molecule has 0 aliphatic rings. The highest BCUT2D eigenvalue weighted by molar-refractivity contribution is 8.00.